The first-order valence-electron chi connectivity index (χ1n) is 15.8. The van der Waals surface area contributed by atoms with E-state index >= 15 is 0 Å². The van der Waals surface area contributed by atoms with Crippen molar-refractivity contribution in [2.45, 2.75) is 52.2 Å². The maximum Gasteiger partial charge on any atom is 0.131 e. The van der Waals surface area contributed by atoms with Crippen molar-refractivity contribution in [1.29, 1.82) is 0 Å². The van der Waals surface area contributed by atoms with Crippen molar-refractivity contribution < 1.29 is 8.78 Å². The SMILES string of the molecule is CN.Cc1cc2c3c(c1)c(-c1ccccc1F)cn3CC(N(C)C)C2.Cc1ccc2c3c1c(-c1ccccc1F)cn3CCC2. The fraction of sp³-hybridized carbons (Fsp3) is 0.282. The Morgan fingerprint density at radius 3 is 2.04 bits per heavy atom. The van der Waals surface area contributed by atoms with Gasteiger partial charge in [0.2, 0.25) is 0 Å². The highest BCUT2D eigenvalue weighted by Gasteiger charge is 2.25. The van der Waals surface area contributed by atoms with E-state index in [-0.39, 0.29) is 11.6 Å². The molecular weight excluding hydrogens is 562 g/mol. The van der Waals surface area contributed by atoms with E-state index in [4.69, 9.17) is 0 Å². The molecule has 2 aromatic heterocycles. The Balaban J connectivity index is 0.000000152. The lowest BCUT2D eigenvalue weighted by molar-refractivity contribution is 0.258. The summed E-state index contributed by atoms with van der Waals surface area (Å²) in [6.07, 6.45) is 7.58. The van der Waals surface area contributed by atoms with Gasteiger partial charge >= 0.3 is 0 Å². The van der Waals surface area contributed by atoms with E-state index in [0.717, 1.165) is 43.5 Å². The van der Waals surface area contributed by atoms with Crippen molar-refractivity contribution in [3.8, 4) is 22.3 Å². The average Bonchev–Trinajstić information content (AvgIpc) is 3.61. The summed E-state index contributed by atoms with van der Waals surface area (Å²) in [7, 11) is 5.76. The highest BCUT2D eigenvalue weighted by Crippen LogP contribution is 2.39. The summed E-state index contributed by atoms with van der Waals surface area (Å²) in [5.41, 5.74) is 15.7. The third kappa shape index (κ3) is 5.58. The lowest BCUT2D eigenvalue weighted by Gasteiger charge is -2.30. The predicted molar refractivity (Wildman–Crippen MR) is 184 cm³/mol. The van der Waals surface area contributed by atoms with Crippen LogP contribution in [0.1, 0.15) is 28.7 Å². The Kier molecular flexibility index (Phi) is 8.63. The molecule has 0 radical (unpaired) electrons. The van der Waals surface area contributed by atoms with Crippen molar-refractivity contribution in [3.63, 3.8) is 0 Å². The van der Waals surface area contributed by atoms with Crippen molar-refractivity contribution in [1.82, 2.24) is 14.0 Å². The van der Waals surface area contributed by atoms with Crippen molar-refractivity contribution in [3.05, 3.63) is 119 Å². The summed E-state index contributed by atoms with van der Waals surface area (Å²) < 4.78 is 33.1. The van der Waals surface area contributed by atoms with Crippen LogP contribution in [0.5, 0.6) is 0 Å². The van der Waals surface area contributed by atoms with Crippen LogP contribution in [0, 0.1) is 25.5 Å². The standard InChI is InChI=1S/C20H21FN2.C18H16FN.CH5N/c1-13-8-14-10-15(22(2)3)11-23-12-18(17(9-13)20(14)23)16-6-4-5-7-19(16)21;1-12-8-9-13-5-4-10-20-11-15(17(12)18(13)20)14-6-2-3-7-16(14)19;1-2/h4-9,12,15H,10-11H2,1-3H3;2-3,6-9,11H,4-5,10H2,1H3;2H2,1H3. The minimum Gasteiger partial charge on any atom is -0.347 e. The number of aromatic nitrogens is 2. The molecule has 2 aliphatic rings. The van der Waals surface area contributed by atoms with Crippen LogP contribution in [0.2, 0.25) is 0 Å². The van der Waals surface area contributed by atoms with Gasteiger partial charge in [-0.05, 0) is 89.1 Å². The molecule has 8 rings (SSSR count). The van der Waals surface area contributed by atoms with Gasteiger partial charge in [-0.15, -0.1) is 0 Å². The first-order valence-corrected chi connectivity index (χ1v) is 15.8. The molecule has 6 heteroatoms. The van der Waals surface area contributed by atoms with Crippen LogP contribution in [-0.4, -0.2) is 41.2 Å². The number of likely N-dealkylation sites (N-methyl/N-ethyl adjacent to an activating group) is 1. The molecule has 2 aliphatic heterocycles. The van der Waals surface area contributed by atoms with Crippen LogP contribution in [0.15, 0.2) is 85.2 Å². The maximum absolute atomic E-state index is 14.3. The molecule has 1 atom stereocenters. The van der Waals surface area contributed by atoms with Gasteiger partial charge in [0, 0.05) is 64.6 Å². The summed E-state index contributed by atoms with van der Waals surface area (Å²) in [6, 6.07) is 23.5. The normalized spacial score (nSPS) is 15.1. The molecule has 0 amide bonds. The number of nitrogens with zero attached hydrogens (tertiary/aromatic N) is 3. The summed E-state index contributed by atoms with van der Waals surface area (Å²) in [5.74, 6) is -0.298. The van der Waals surface area contributed by atoms with Gasteiger partial charge in [0.25, 0.3) is 0 Å². The lowest BCUT2D eigenvalue weighted by atomic mass is 9.95. The number of hydrogen-bond donors (Lipinski definition) is 1. The molecule has 0 aliphatic carbocycles. The molecule has 4 heterocycles. The number of nitrogens with two attached hydrogens (primary N) is 1. The van der Waals surface area contributed by atoms with Gasteiger partial charge in [0.15, 0.2) is 0 Å². The minimum atomic E-state index is -0.155. The quantitative estimate of drug-likeness (QED) is 0.220. The largest absolute Gasteiger partial charge is 0.347 e. The Bertz CT molecular complexity index is 2000. The molecular formula is C39H42F2N4. The molecule has 0 saturated carbocycles. The highest BCUT2D eigenvalue weighted by atomic mass is 19.1. The molecule has 6 aromatic rings. The van der Waals surface area contributed by atoms with E-state index in [1.54, 1.807) is 12.1 Å². The first kappa shape index (κ1) is 30.8. The Morgan fingerprint density at radius 2 is 1.38 bits per heavy atom. The number of benzene rings is 4. The fourth-order valence-electron chi connectivity index (χ4n) is 7.16. The second-order valence-electron chi connectivity index (χ2n) is 12.4. The van der Waals surface area contributed by atoms with E-state index < -0.39 is 0 Å². The Morgan fingerprint density at radius 1 is 0.733 bits per heavy atom. The van der Waals surface area contributed by atoms with E-state index in [9.17, 15) is 8.78 Å². The van der Waals surface area contributed by atoms with Gasteiger partial charge in [-0.1, -0.05) is 60.2 Å². The summed E-state index contributed by atoms with van der Waals surface area (Å²) in [6.45, 7) is 6.22. The van der Waals surface area contributed by atoms with Gasteiger partial charge < -0.3 is 19.8 Å². The van der Waals surface area contributed by atoms with E-state index in [1.165, 1.54) is 63.2 Å². The van der Waals surface area contributed by atoms with Gasteiger partial charge in [0.05, 0.1) is 11.0 Å². The van der Waals surface area contributed by atoms with Crippen LogP contribution < -0.4 is 5.73 Å². The van der Waals surface area contributed by atoms with Gasteiger partial charge in [-0.3, -0.25) is 0 Å². The summed E-state index contributed by atoms with van der Waals surface area (Å²) in [4.78, 5) is 2.28. The lowest BCUT2D eigenvalue weighted by Crippen LogP contribution is -2.36. The topological polar surface area (TPSA) is 39.1 Å². The van der Waals surface area contributed by atoms with E-state index in [0.29, 0.717) is 17.2 Å². The van der Waals surface area contributed by atoms with Crippen LogP contribution in [-0.2, 0) is 25.9 Å². The van der Waals surface area contributed by atoms with Crippen LogP contribution in [0.4, 0.5) is 8.78 Å². The molecule has 0 saturated heterocycles. The summed E-state index contributed by atoms with van der Waals surface area (Å²) >= 11 is 0. The fourth-order valence-corrected chi connectivity index (χ4v) is 7.16. The summed E-state index contributed by atoms with van der Waals surface area (Å²) in [5, 5.41) is 2.38. The third-order valence-corrected chi connectivity index (χ3v) is 9.27. The van der Waals surface area contributed by atoms with Gasteiger partial charge in [-0.2, -0.15) is 0 Å². The molecule has 0 spiro atoms. The third-order valence-electron chi connectivity index (χ3n) is 9.27. The zero-order chi connectivity index (χ0) is 31.8. The predicted octanol–water partition coefficient (Wildman–Crippen LogP) is 8.52. The molecule has 232 valence electrons. The second kappa shape index (κ2) is 12.6. The molecule has 1 unspecified atom stereocenters. The molecule has 4 nitrogen and oxygen atoms in total. The van der Waals surface area contributed by atoms with Gasteiger partial charge in [0.1, 0.15) is 11.6 Å². The smallest absolute Gasteiger partial charge is 0.131 e. The van der Waals surface area contributed by atoms with E-state index in [2.05, 4.69) is 84.4 Å². The average molecular weight is 605 g/mol. The minimum absolute atomic E-state index is 0.143. The van der Waals surface area contributed by atoms with Crippen molar-refractivity contribution in [2.75, 3.05) is 21.1 Å². The monoisotopic (exact) mass is 604 g/mol. The van der Waals surface area contributed by atoms with Crippen LogP contribution >= 0.6 is 0 Å². The molecule has 2 N–H and O–H groups in total. The Labute approximate surface area is 264 Å². The number of aryl methyl sites for hydroxylation is 4. The maximum atomic E-state index is 14.3. The van der Waals surface area contributed by atoms with Crippen LogP contribution in [0.3, 0.4) is 0 Å². The molecule has 0 fully saturated rings. The number of halogens is 2. The van der Waals surface area contributed by atoms with Crippen LogP contribution in [0.25, 0.3) is 44.1 Å². The van der Waals surface area contributed by atoms with Crippen molar-refractivity contribution in [2.24, 2.45) is 5.73 Å². The molecule has 4 aromatic carbocycles. The Hall–Kier alpha value is -4.26. The second-order valence-corrected chi connectivity index (χ2v) is 12.4. The molecule has 0 bridgehead atoms. The number of hydrogen-bond acceptors (Lipinski definition) is 2. The highest BCUT2D eigenvalue weighted by molar-refractivity contribution is 6.00. The zero-order valence-corrected chi connectivity index (χ0v) is 26.9. The van der Waals surface area contributed by atoms with E-state index in [1.807, 2.05) is 24.3 Å². The van der Waals surface area contributed by atoms with Crippen molar-refractivity contribution >= 4 is 21.8 Å². The first-order chi connectivity index (χ1) is 21.8. The molecule has 45 heavy (non-hydrogen) atoms. The zero-order valence-electron chi connectivity index (χ0n) is 26.9. The van der Waals surface area contributed by atoms with Gasteiger partial charge in [-0.25, -0.2) is 8.78 Å². The number of rotatable bonds is 3.